The van der Waals surface area contributed by atoms with Crippen LogP contribution in [0.5, 0.6) is 0 Å². The van der Waals surface area contributed by atoms with Gasteiger partial charge in [0.05, 0.1) is 17.0 Å². The van der Waals surface area contributed by atoms with Crippen LogP contribution in [0.4, 0.5) is 0 Å². The quantitative estimate of drug-likeness (QED) is 0.922. The molecule has 2 rings (SSSR count). The largest absolute Gasteiger partial charge is 0.481 e. The van der Waals surface area contributed by atoms with Crippen LogP contribution < -0.4 is 0 Å². The van der Waals surface area contributed by atoms with Gasteiger partial charge in [-0.2, -0.15) is 5.26 Å². The number of carboxylic acid groups (broad SMARTS) is 1. The van der Waals surface area contributed by atoms with E-state index in [-0.39, 0.29) is 0 Å². The number of carboxylic acids is 1. The number of hydrogen-bond acceptors (Lipinski definition) is 3. The van der Waals surface area contributed by atoms with Gasteiger partial charge in [-0.25, -0.2) is 0 Å². The molecule has 1 unspecified atom stereocenters. The molecule has 0 bridgehead atoms. The van der Waals surface area contributed by atoms with Crippen LogP contribution in [0.3, 0.4) is 0 Å². The van der Waals surface area contributed by atoms with Crippen LogP contribution >= 0.6 is 0 Å². The highest BCUT2D eigenvalue weighted by atomic mass is 16.4. The summed E-state index contributed by atoms with van der Waals surface area (Å²) in [5.41, 5.74) is 0.837. The first kappa shape index (κ1) is 13.8. The van der Waals surface area contributed by atoms with E-state index in [2.05, 4.69) is 4.98 Å². The maximum atomic E-state index is 11.7. The molecule has 1 aromatic heterocycles. The second-order valence-corrected chi connectivity index (χ2v) is 4.87. The normalized spacial score (nSPS) is 13.2. The lowest BCUT2D eigenvalue weighted by Gasteiger charge is -2.25. The summed E-state index contributed by atoms with van der Waals surface area (Å²) in [5.74, 6) is -0.920. The topological polar surface area (TPSA) is 74.0 Å². The Morgan fingerprint density at radius 1 is 1.40 bits per heavy atom. The molecule has 0 fully saturated rings. The maximum absolute atomic E-state index is 11.7. The first-order valence-corrected chi connectivity index (χ1v) is 6.19. The molecule has 0 aliphatic rings. The van der Waals surface area contributed by atoms with Crippen molar-refractivity contribution in [1.29, 1.82) is 5.26 Å². The Morgan fingerprint density at radius 3 is 2.80 bits per heavy atom. The average Bonchev–Trinajstić information content (AvgIpc) is 2.48. The van der Waals surface area contributed by atoms with Crippen molar-refractivity contribution in [2.24, 2.45) is 0 Å². The molecule has 1 aromatic carbocycles. The fraction of sp³-hybridized carbons (Fsp3) is 0.188. The van der Waals surface area contributed by atoms with Gasteiger partial charge in [-0.1, -0.05) is 18.2 Å². The number of benzene rings is 1. The van der Waals surface area contributed by atoms with Gasteiger partial charge in [0.1, 0.15) is 0 Å². The van der Waals surface area contributed by atoms with Crippen LogP contribution in [0.15, 0.2) is 48.8 Å². The van der Waals surface area contributed by atoms with Gasteiger partial charge >= 0.3 is 5.97 Å². The molecule has 0 aliphatic heterocycles. The number of pyridine rings is 1. The molecule has 4 heteroatoms. The smallest absolute Gasteiger partial charge is 0.314 e. The molecule has 1 heterocycles. The lowest BCUT2D eigenvalue weighted by molar-refractivity contribution is -0.143. The van der Waals surface area contributed by atoms with E-state index < -0.39 is 11.4 Å². The number of nitrogens with zero attached hydrogens (tertiary/aromatic N) is 2. The van der Waals surface area contributed by atoms with Crippen molar-refractivity contribution in [2.45, 2.75) is 18.8 Å². The number of carbonyl (C=O) groups is 1. The number of nitriles is 1. The molecule has 1 atom stereocenters. The molecule has 100 valence electrons. The third-order valence-electron chi connectivity index (χ3n) is 3.38. The van der Waals surface area contributed by atoms with Crippen molar-refractivity contribution in [3.63, 3.8) is 0 Å². The highest BCUT2D eigenvalue weighted by Crippen LogP contribution is 2.29. The molecule has 0 saturated heterocycles. The van der Waals surface area contributed by atoms with Gasteiger partial charge in [0.15, 0.2) is 0 Å². The minimum absolute atomic E-state index is 0.324. The molecule has 0 radical (unpaired) electrons. The summed E-state index contributed by atoms with van der Waals surface area (Å²) in [6, 6.07) is 12.4. The Morgan fingerprint density at radius 2 is 2.20 bits per heavy atom. The summed E-state index contributed by atoms with van der Waals surface area (Å²) in [4.78, 5) is 15.7. The van der Waals surface area contributed by atoms with Gasteiger partial charge in [-0.05, 0) is 42.7 Å². The molecule has 0 spiro atoms. The van der Waals surface area contributed by atoms with E-state index in [0.29, 0.717) is 17.5 Å². The van der Waals surface area contributed by atoms with E-state index in [1.165, 1.54) is 0 Å². The van der Waals surface area contributed by atoms with Gasteiger partial charge in [0.25, 0.3) is 0 Å². The van der Waals surface area contributed by atoms with E-state index in [1.807, 2.05) is 12.1 Å². The molecule has 0 aliphatic carbocycles. The zero-order valence-corrected chi connectivity index (χ0v) is 11.1. The van der Waals surface area contributed by atoms with Gasteiger partial charge < -0.3 is 5.11 Å². The van der Waals surface area contributed by atoms with Crippen molar-refractivity contribution >= 4 is 5.97 Å². The van der Waals surface area contributed by atoms with Gasteiger partial charge in [0, 0.05) is 12.4 Å². The Balaban J connectivity index is 2.44. The van der Waals surface area contributed by atoms with Gasteiger partial charge in [0.2, 0.25) is 0 Å². The summed E-state index contributed by atoms with van der Waals surface area (Å²) in [7, 11) is 0. The molecule has 0 amide bonds. The zero-order chi connectivity index (χ0) is 14.6. The second-order valence-electron chi connectivity index (χ2n) is 4.87. The van der Waals surface area contributed by atoms with E-state index in [4.69, 9.17) is 5.26 Å². The van der Waals surface area contributed by atoms with Crippen LogP contribution in [0, 0.1) is 11.3 Å². The van der Waals surface area contributed by atoms with Gasteiger partial charge in [-0.3, -0.25) is 9.78 Å². The summed E-state index contributed by atoms with van der Waals surface area (Å²) in [6.07, 6.45) is 3.64. The number of rotatable bonds is 4. The predicted molar refractivity (Wildman–Crippen MR) is 74.1 cm³/mol. The van der Waals surface area contributed by atoms with Gasteiger partial charge in [-0.15, -0.1) is 0 Å². The number of aromatic nitrogens is 1. The van der Waals surface area contributed by atoms with Crippen LogP contribution in [0.1, 0.15) is 23.6 Å². The molecule has 4 nitrogen and oxygen atoms in total. The Hall–Kier alpha value is -2.67. The molecule has 2 aromatic rings. The van der Waals surface area contributed by atoms with Crippen LogP contribution in [0.25, 0.3) is 0 Å². The predicted octanol–water partition coefficient (Wildman–Crippen LogP) is 2.54. The fourth-order valence-corrected chi connectivity index (χ4v) is 2.14. The lowest BCUT2D eigenvalue weighted by atomic mass is 9.77. The van der Waals surface area contributed by atoms with Crippen molar-refractivity contribution in [2.75, 3.05) is 0 Å². The van der Waals surface area contributed by atoms with E-state index in [9.17, 15) is 9.90 Å². The zero-order valence-electron chi connectivity index (χ0n) is 11.1. The highest BCUT2D eigenvalue weighted by Gasteiger charge is 2.35. The van der Waals surface area contributed by atoms with Crippen molar-refractivity contribution < 1.29 is 9.90 Å². The SMILES string of the molecule is CC(Cc1cccnc1)(C(=O)O)c1cccc(C#N)c1. The standard InChI is InChI=1S/C16H14N2O2/c1-16(15(19)20,9-13-5-3-7-18-11-13)14-6-2-4-12(8-14)10-17/h2-8,11H,9H2,1H3,(H,19,20). The van der Waals surface area contributed by atoms with Crippen molar-refractivity contribution in [1.82, 2.24) is 4.98 Å². The number of aliphatic carboxylic acids is 1. The average molecular weight is 266 g/mol. The third kappa shape index (κ3) is 2.67. The number of hydrogen-bond donors (Lipinski definition) is 1. The van der Waals surface area contributed by atoms with Crippen LogP contribution in [-0.4, -0.2) is 16.1 Å². The lowest BCUT2D eigenvalue weighted by Crippen LogP contribution is -2.35. The highest BCUT2D eigenvalue weighted by molar-refractivity contribution is 5.81. The minimum Gasteiger partial charge on any atom is -0.481 e. The summed E-state index contributed by atoms with van der Waals surface area (Å²) in [5, 5.41) is 18.6. The summed E-state index contributed by atoms with van der Waals surface area (Å²) in [6.45, 7) is 1.67. The summed E-state index contributed by atoms with van der Waals surface area (Å²) >= 11 is 0. The molecular weight excluding hydrogens is 252 g/mol. The first-order valence-electron chi connectivity index (χ1n) is 6.19. The Labute approximate surface area is 117 Å². The van der Waals surface area contributed by atoms with Crippen molar-refractivity contribution in [3.8, 4) is 6.07 Å². The molecular formula is C16H14N2O2. The van der Waals surface area contributed by atoms with E-state index >= 15 is 0 Å². The monoisotopic (exact) mass is 266 g/mol. The van der Waals surface area contributed by atoms with Crippen molar-refractivity contribution in [3.05, 3.63) is 65.5 Å². The third-order valence-corrected chi connectivity index (χ3v) is 3.38. The molecule has 20 heavy (non-hydrogen) atoms. The Kier molecular flexibility index (Phi) is 3.81. The van der Waals surface area contributed by atoms with Crippen LogP contribution in [0.2, 0.25) is 0 Å². The molecule has 1 N–H and O–H groups in total. The molecule has 0 saturated carbocycles. The minimum atomic E-state index is -1.09. The Bertz CT molecular complexity index is 662. The fourth-order valence-electron chi connectivity index (χ4n) is 2.14. The summed E-state index contributed by atoms with van der Waals surface area (Å²) < 4.78 is 0. The van der Waals surface area contributed by atoms with E-state index in [1.54, 1.807) is 49.6 Å². The van der Waals surface area contributed by atoms with E-state index in [0.717, 1.165) is 5.56 Å². The second kappa shape index (κ2) is 5.54. The maximum Gasteiger partial charge on any atom is 0.314 e. The first-order chi connectivity index (χ1) is 9.56. The van der Waals surface area contributed by atoms with Crippen LogP contribution in [-0.2, 0) is 16.6 Å².